The van der Waals surface area contributed by atoms with E-state index in [0.717, 1.165) is 60.6 Å². The fourth-order valence-electron chi connectivity index (χ4n) is 4.18. The summed E-state index contributed by atoms with van der Waals surface area (Å²) in [5, 5.41) is 17.6. The molecule has 0 unspecified atom stereocenters. The Morgan fingerprint density at radius 2 is 2.27 bits per heavy atom. The van der Waals surface area contributed by atoms with Gasteiger partial charge in [-0.05, 0) is 38.2 Å². The number of aliphatic hydroxyl groups excluding tert-OH is 1. The number of piperidine rings is 1. The molecule has 1 atom stereocenters. The van der Waals surface area contributed by atoms with Crippen molar-refractivity contribution in [1.29, 1.82) is 0 Å². The monoisotopic (exact) mass is 411 g/mol. The van der Waals surface area contributed by atoms with Crippen LogP contribution in [0, 0.1) is 0 Å². The van der Waals surface area contributed by atoms with E-state index in [-0.39, 0.29) is 6.61 Å². The van der Waals surface area contributed by atoms with Gasteiger partial charge in [-0.25, -0.2) is 4.98 Å². The van der Waals surface area contributed by atoms with Gasteiger partial charge in [-0.3, -0.25) is 4.84 Å². The van der Waals surface area contributed by atoms with Crippen molar-refractivity contribution in [3.05, 3.63) is 47.9 Å². The van der Waals surface area contributed by atoms with Gasteiger partial charge < -0.3 is 15.3 Å². The van der Waals surface area contributed by atoms with Gasteiger partial charge in [0.15, 0.2) is 5.65 Å². The van der Waals surface area contributed by atoms with Crippen molar-refractivity contribution < 1.29 is 14.7 Å². The van der Waals surface area contributed by atoms with Crippen LogP contribution in [0.4, 0.5) is 11.6 Å². The number of nitrogens with zero attached hydrogens (tertiary/aromatic N) is 5. The minimum absolute atomic E-state index is 0.203. The van der Waals surface area contributed by atoms with Crippen LogP contribution in [0.5, 0.6) is 0 Å². The zero-order chi connectivity index (χ0) is 20.9. The van der Waals surface area contributed by atoms with E-state index in [4.69, 9.17) is 9.82 Å². The van der Waals surface area contributed by atoms with E-state index in [9.17, 15) is 5.11 Å². The molecular formula is C22H31N6O2+. The lowest BCUT2D eigenvalue weighted by Gasteiger charge is -2.36. The van der Waals surface area contributed by atoms with Crippen molar-refractivity contribution in [1.82, 2.24) is 14.6 Å². The Bertz CT molecular complexity index is 987. The number of hydrogen-bond donors (Lipinski definition) is 2. The first-order valence-electron chi connectivity index (χ1n) is 10.8. The molecule has 2 N–H and O–H groups in total. The van der Waals surface area contributed by atoms with Crippen LogP contribution in [0.2, 0.25) is 0 Å². The molecule has 0 aromatic carbocycles. The van der Waals surface area contributed by atoms with Gasteiger partial charge in [0.05, 0.1) is 6.20 Å². The van der Waals surface area contributed by atoms with Gasteiger partial charge in [0.25, 0.3) is 0 Å². The number of hydrogen-bond acceptors (Lipinski definition) is 6. The second kappa shape index (κ2) is 9.30. The average molecular weight is 412 g/mol. The molecule has 0 saturated carbocycles. The average Bonchev–Trinajstić information content (AvgIpc) is 3.21. The van der Waals surface area contributed by atoms with Crippen molar-refractivity contribution in [2.75, 3.05) is 30.5 Å². The van der Waals surface area contributed by atoms with Gasteiger partial charge in [-0.1, -0.05) is 6.92 Å². The first kappa shape index (κ1) is 20.4. The molecule has 1 saturated heterocycles. The first-order valence-corrected chi connectivity index (χ1v) is 10.8. The van der Waals surface area contributed by atoms with Gasteiger partial charge in [-0.2, -0.15) is 9.61 Å². The molecule has 8 heteroatoms. The smallest absolute Gasteiger partial charge is 0.227 e. The summed E-state index contributed by atoms with van der Waals surface area (Å²) in [5.41, 5.74) is 3.13. The van der Waals surface area contributed by atoms with Crippen LogP contribution in [0.1, 0.15) is 43.7 Å². The number of aromatic nitrogens is 4. The minimum Gasteiger partial charge on any atom is -0.396 e. The molecule has 0 amide bonds. The number of aryl methyl sites for hydroxylation is 1. The Morgan fingerprint density at radius 3 is 3.07 bits per heavy atom. The summed E-state index contributed by atoms with van der Waals surface area (Å²) in [6.45, 7) is 3.94. The number of aliphatic hydroxyl groups is 1. The van der Waals surface area contributed by atoms with E-state index in [2.05, 4.69) is 34.4 Å². The number of nitrogens with one attached hydrogen (secondary N) is 1. The van der Waals surface area contributed by atoms with Crippen LogP contribution in [0.15, 0.2) is 36.8 Å². The maximum absolute atomic E-state index is 9.53. The van der Waals surface area contributed by atoms with Crippen LogP contribution in [-0.2, 0) is 13.0 Å². The number of anilines is 2. The lowest BCUT2D eigenvalue weighted by atomic mass is 9.99. The van der Waals surface area contributed by atoms with Crippen molar-refractivity contribution in [3.8, 4) is 0 Å². The van der Waals surface area contributed by atoms with Crippen LogP contribution in [0.25, 0.3) is 5.65 Å². The fourth-order valence-corrected chi connectivity index (χ4v) is 4.18. The molecule has 0 radical (unpaired) electrons. The SMILES string of the molecule is CCc1cnn2c(NCc3ccc[n+](OC)c3)cc(N3CCCC[C@H]3CCO)nc12. The lowest BCUT2D eigenvalue weighted by Crippen LogP contribution is -2.40. The van der Waals surface area contributed by atoms with E-state index < -0.39 is 0 Å². The number of pyridine rings is 1. The van der Waals surface area contributed by atoms with Gasteiger partial charge in [0, 0.05) is 53.7 Å². The van der Waals surface area contributed by atoms with Crippen LogP contribution in [-0.4, -0.2) is 46.0 Å². The summed E-state index contributed by atoms with van der Waals surface area (Å²) >= 11 is 0. The van der Waals surface area contributed by atoms with Gasteiger partial charge in [0.2, 0.25) is 12.4 Å². The van der Waals surface area contributed by atoms with E-state index in [0.29, 0.717) is 12.6 Å². The van der Waals surface area contributed by atoms with Gasteiger partial charge in [0.1, 0.15) is 18.7 Å². The summed E-state index contributed by atoms with van der Waals surface area (Å²) in [7, 11) is 1.65. The molecule has 1 fully saturated rings. The second-order valence-corrected chi connectivity index (χ2v) is 7.72. The molecule has 30 heavy (non-hydrogen) atoms. The van der Waals surface area contributed by atoms with Gasteiger partial charge >= 0.3 is 0 Å². The van der Waals surface area contributed by atoms with Crippen LogP contribution < -0.4 is 19.8 Å². The molecule has 0 bridgehead atoms. The summed E-state index contributed by atoms with van der Waals surface area (Å²) in [6.07, 6.45) is 10.8. The summed E-state index contributed by atoms with van der Waals surface area (Å²) < 4.78 is 3.57. The highest BCUT2D eigenvalue weighted by Gasteiger charge is 2.25. The molecule has 3 aromatic rings. The maximum Gasteiger partial charge on any atom is 0.227 e. The third-order valence-corrected chi connectivity index (χ3v) is 5.82. The minimum atomic E-state index is 0.203. The Hall–Kier alpha value is -2.87. The number of rotatable bonds is 8. The Labute approximate surface area is 177 Å². The highest BCUT2D eigenvalue weighted by Crippen LogP contribution is 2.28. The van der Waals surface area contributed by atoms with E-state index >= 15 is 0 Å². The third-order valence-electron chi connectivity index (χ3n) is 5.82. The van der Waals surface area contributed by atoms with Crippen molar-refractivity contribution in [2.45, 2.75) is 51.6 Å². The summed E-state index contributed by atoms with van der Waals surface area (Å²) in [5.74, 6) is 1.87. The molecule has 3 aromatic heterocycles. The zero-order valence-electron chi connectivity index (χ0n) is 17.8. The highest BCUT2D eigenvalue weighted by atomic mass is 16.6. The molecule has 4 heterocycles. The molecule has 0 spiro atoms. The van der Waals surface area contributed by atoms with Crippen molar-refractivity contribution in [3.63, 3.8) is 0 Å². The molecule has 160 valence electrons. The normalized spacial score (nSPS) is 16.8. The Kier molecular flexibility index (Phi) is 6.32. The van der Waals surface area contributed by atoms with Gasteiger partial charge in [-0.15, -0.1) is 0 Å². The van der Waals surface area contributed by atoms with Crippen molar-refractivity contribution >= 4 is 17.3 Å². The van der Waals surface area contributed by atoms with E-state index in [1.54, 1.807) is 11.8 Å². The first-order chi connectivity index (χ1) is 14.7. The number of fused-ring (bicyclic) bond motifs is 1. The molecule has 4 rings (SSSR count). The summed E-state index contributed by atoms with van der Waals surface area (Å²) in [6, 6.07) is 6.44. The lowest BCUT2D eigenvalue weighted by molar-refractivity contribution is -0.885. The quantitative estimate of drug-likeness (QED) is 0.552. The van der Waals surface area contributed by atoms with Crippen molar-refractivity contribution in [2.24, 2.45) is 0 Å². The van der Waals surface area contributed by atoms with E-state index in [1.807, 2.05) is 29.2 Å². The molecule has 8 nitrogen and oxygen atoms in total. The predicted octanol–water partition coefficient (Wildman–Crippen LogP) is 1.99. The molecular weight excluding hydrogens is 380 g/mol. The second-order valence-electron chi connectivity index (χ2n) is 7.72. The third kappa shape index (κ3) is 4.18. The Balaban J connectivity index is 1.68. The summed E-state index contributed by atoms with van der Waals surface area (Å²) in [4.78, 5) is 12.6. The predicted molar refractivity (Wildman–Crippen MR) is 116 cm³/mol. The molecule has 1 aliphatic heterocycles. The molecule has 1 aliphatic rings. The largest absolute Gasteiger partial charge is 0.396 e. The molecule has 0 aliphatic carbocycles. The topological polar surface area (TPSA) is 78.8 Å². The highest BCUT2D eigenvalue weighted by molar-refractivity contribution is 5.61. The van der Waals surface area contributed by atoms with E-state index in [1.165, 1.54) is 6.42 Å². The van der Waals surface area contributed by atoms with Crippen LogP contribution >= 0.6 is 0 Å². The zero-order valence-corrected chi connectivity index (χ0v) is 17.8. The fraction of sp³-hybridized carbons (Fsp3) is 0.500. The standard InChI is InChI=1S/C22H31N6O2/c1-3-18-15-24-28-20(23-14-17-7-6-10-26(16-17)30-2)13-21(25-22(18)28)27-11-5-4-8-19(27)9-12-29/h6-7,10,13,15-16,19,23,29H,3-5,8-9,11-12,14H2,1-2H3/q+1/t19-/m0/s1. The maximum atomic E-state index is 9.53. The van der Waals surface area contributed by atoms with Crippen LogP contribution in [0.3, 0.4) is 0 Å². The Morgan fingerprint density at radius 1 is 1.37 bits per heavy atom.